The van der Waals surface area contributed by atoms with Gasteiger partial charge in [0.1, 0.15) is 0 Å². The highest BCUT2D eigenvalue weighted by molar-refractivity contribution is 6.31. The molecule has 0 radical (unpaired) electrons. The van der Waals surface area contributed by atoms with Crippen LogP contribution in [0.4, 0.5) is 5.69 Å². The van der Waals surface area contributed by atoms with Gasteiger partial charge in [0.25, 0.3) is 0 Å². The minimum atomic E-state index is 0.0674. The van der Waals surface area contributed by atoms with Crippen LogP contribution in [-0.2, 0) is 4.79 Å². The number of nitrogens with one attached hydrogen (secondary N) is 2. The molecule has 2 rings (SSSR count). The summed E-state index contributed by atoms with van der Waals surface area (Å²) in [5, 5.41) is 7.08. The first-order valence-electron chi connectivity index (χ1n) is 6.95. The van der Waals surface area contributed by atoms with Gasteiger partial charge in [0.15, 0.2) is 0 Å². The third-order valence-corrected chi connectivity index (χ3v) is 4.08. The van der Waals surface area contributed by atoms with Crippen molar-refractivity contribution < 1.29 is 4.79 Å². The zero-order chi connectivity index (χ0) is 13.7. The smallest absolute Gasteiger partial charge is 0.224 e. The molecule has 1 unspecified atom stereocenters. The second-order valence-corrected chi connectivity index (χ2v) is 5.55. The minimum Gasteiger partial charge on any atom is -0.326 e. The van der Waals surface area contributed by atoms with Crippen molar-refractivity contribution in [2.75, 3.05) is 11.9 Å². The summed E-state index contributed by atoms with van der Waals surface area (Å²) >= 11 is 6.03. The Kier molecular flexibility index (Phi) is 5.23. The standard InChI is InChI=1S/C15H21ClN2O/c1-11-13(16)6-4-7-14(11)18-15(19)9-8-12-5-2-3-10-17-12/h4,6-7,12,17H,2-3,5,8-10H2,1H3,(H,18,19). The molecule has 1 amide bonds. The summed E-state index contributed by atoms with van der Waals surface area (Å²) in [4.78, 5) is 11.9. The van der Waals surface area contributed by atoms with E-state index in [9.17, 15) is 4.79 Å². The first-order chi connectivity index (χ1) is 9.16. The highest BCUT2D eigenvalue weighted by Crippen LogP contribution is 2.23. The van der Waals surface area contributed by atoms with E-state index in [1.54, 1.807) is 0 Å². The quantitative estimate of drug-likeness (QED) is 0.886. The zero-order valence-electron chi connectivity index (χ0n) is 11.3. The van der Waals surface area contributed by atoms with Crippen LogP contribution in [0.2, 0.25) is 5.02 Å². The van der Waals surface area contributed by atoms with Crippen LogP contribution in [0.5, 0.6) is 0 Å². The third kappa shape index (κ3) is 4.22. The maximum Gasteiger partial charge on any atom is 0.224 e. The lowest BCUT2D eigenvalue weighted by Gasteiger charge is -2.23. The SMILES string of the molecule is Cc1c(Cl)cccc1NC(=O)CCC1CCCCN1. The Hall–Kier alpha value is -1.06. The van der Waals surface area contributed by atoms with Crippen LogP contribution in [0.15, 0.2) is 18.2 Å². The van der Waals surface area contributed by atoms with E-state index in [1.807, 2.05) is 25.1 Å². The van der Waals surface area contributed by atoms with Gasteiger partial charge in [-0.15, -0.1) is 0 Å². The molecule has 1 fully saturated rings. The molecule has 104 valence electrons. The van der Waals surface area contributed by atoms with Crippen molar-refractivity contribution in [1.82, 2.24) is 5.32 Å². The predicted octanol–water partition coefficient (Wildman–Crippen LogP) is 3.51. The molecule has 0 bridgehead atoms. The van der Waals surface area contributed by atoms with Gasteiger partial charge >= 0.3 is 0 Å². The minimum absolute atomic E-state index is 0.0674. The highest BCUT2D eigenvalue weighted by atomic mass is 35.5. The Bertz CT molecular complexity index is 442. The zero-order valence-corrected chi connectivity index (χ0v) is 12.1. The molecular weight excluding hydrogens is 260 g/mol. The monoisotopic (exact) mass is 280 g/mol. The molecule has 4 heteroatoms. The van der Waals surface area contributed by atoms with Crippen LogP contribution in [0.25, 0.3) is 0 Å². The van der Waals surface area contributed by atoms with E-state index in [2.05, 4.69) is 10.6 Å². The van der Waals surface area contributed by atoms with Crippen LogP contribution in [0, 0.1) is 6.92 Å². The van der Waals surface area contributed by atoms with Crippen molar-refractivity contribution in [2.45, 2.75) is 45.1 Å². The van der Waals surface area contributed by atoms with Gasteiger partial charge < -0.3 is 10.6 Å². The summed E-state index contributed by atoms with van der Waals surface area (Å²) in [6.07, 6.45) is 5.18. The van der Waals surface area contributed by atoms with Crippen LogP contribution in [0.1, 0.15) is 37.7 Å². The second kappa shape index (κ2) is 6.92. The number of piperidine rings is 1. The Balaban J connectivity index is 1.82. The van der Waals surface area contributed by atoms with Gasteiger partial charge in [-0.2, -0.15) is 0 Å². The largest absolute Gasteiger partial charge is 0.326 e. The van der Waals surface area contributed by atoms with Crippen molar-refractivity contribution >= 4 is 23.2 Å². The molecular formula is C15H21ClN2O. The van der Waals surface area contributed by atoms with Crippen LogP contribution >= 0.6 is 11.6 Å². The lowest BCUT2D eigenvalue weighted by molar-refractivity contribution is -0.116. The fourth-order valence-electron chi connectivity index (χ4n) is 2.43. The van der Waals surface area contributed by atoms with Gasteiger partial charge in [-0.1, -0.05) is 24.1 Å². The van der Waals surface area contributed by atoms with E-state index >= 15 is 0 Å². The van der Waals surface area contributed by atoms with E-state index in [1.165, 1.54) is 19.3 Å². The number of hydrogen-bond donors (Lipinski definition) is 2. The van der Waals surface area contributed by atoms with Gasteiger partial charge in [0.2, 0.25) is 5.91 Å². The lowest BCUT2D eigenvalue weighted by atomic mass is 10.0. The number of benzene rings is 1. The molecule has 3 nitrogen and oxygen atoms in total. The first-order valence-corrected chi connectivity index (χ1v) is 7.33. The maximum atomic E-state index is 11.9. The topological polar surface area (TPSA) is 41.1 Å². The van der Waals surface area contributed by atoms with Gasteiger partial charge in [0.05, 0.1) is 0 Å². The van der Waals surface area contributed by atoms with E-state index in [4.69, 9.17) is 11.6 Å². The normalized spacial score (nSPS) is 19.2. The van der Waals surface area contributed by atoms with Crippen molar-refractivity contribution in [3.8, 4) is 0 Å². The summed E-state index contributed by atoms with van der Waals surface area (Å²) in [5.41, 5.74) is 1.74. The number of rotatable bonds is 4. The molecule has 1 heterocycles. The fourth-order valence-corrected chi connectivity index (χ4v) is 2.61. The molecule has 1 aromatic carbocycles. The van der Waals surface area contributed by atoms with Crippen LogP contribution < -0.4 is 10.6 Å². The molecule has 1 aromatic rings. The molecule has 2 N–H and O–H groups in total. The molecule has 0 aliphatic carbocycles. The van der Waals surface area contributed by atoms with E-state index in [0.29, 0.717) is 17.5 Å². The Labute approximate surface area is 119 Å². The van der Waals surface area contributed by atoms with Crippen molar-refractivity contribution in [3.05, 3.63) is 28.8 Å². The maximum absolute atomic E-state index is 11.9. The van der Waals surface area contributed by atoms with E-state index in [-0.39, 0.29) is 5.91 Å². The Morgan fingerprint density at radius 1 is 1.47 bits per heavy atom. The number of carbonyl (C=O) groups is 1. The average molecular weight is 281 g/mol. The molecule has 1 aliphatic rings. The molecule has 0 saturated carbocycles. The molecule has 0 spiro atoms. The van der Waals surface area contributed by atoms with E-state index in [0.717, 1.165) is 24.2 Å². The van der Waals surface area contributed by atoms with Gasteiger partial charge in [-0.05, 0) is 50.4 Å². The highest BCUT2D eigenvalue weighted by Gasteiger charge is 2.14. The molecule has 1 saturated heterocycles. The third-order valence-electron chi connectivity index (χ3n) is 3.67. The number of anilines is 1. The number of carbonyl (C=O) groups excluding carboxylic acids is 1. The number of amides is 1. The summed E-state index contributed by atoms with van der Waals surface area (Å²) in [5.74, 6) is 0.0674. The van der Waals surface area contributed by atoms with Gasteiger partial charge in [-0.3, -0.25) is 4.79 Å². The molecule has 0 aromatic heterocycles. The number of hydrogen-bond acceptors (Lipinski definition) is 2. The van der Waals surface area contributed by atoms with Crippen LogP contribution in [-0.4, -0.2) is 18.5 Å². The molecule has 1 atom stereocenters. The summed E-state index contributed by atoms with van der Waals surface area (Å²) < 4.78 is 0. The molecule has 1 aliphatic heterocycles. The predicted molar refractivity (Wildman–Crippen MR) is 79.7 cm³/mol. The molecule has 19 heavy (non-hydrogen) atoms. The average Bonchev–Trinajstić information content (AvgIpc) is 2.43. The lowest BCUT2D eigenvalue weighted by Crippen LogP contribution is -2.34. The number of halogens is 1. The van der Waals surface area contributed by atoms with Crippen molar-refractivity contribution in [1.29, 1.82) is 0 Å². The second-order valence-electron chi connectivity index (χ2n) is 5.15. The summed E-state index contributed by atoms with van der Waals surface area (Å²) in [6, 6.07) is 6.07. The summed E-state index contributed by atoms with van der Waals surface area (Å²) in [6.45, 7) is 3.00. The van der Waals surface area contributed by atoms with E-state index < -0.39 is 0 Å². The first kappa shape index (κ1) is 14.4. The Morgan fingerprint density at radius 3 is 3.05 bits per heavy atom. The van der Waals surface area contributed by atoms with Gasteiger partial charge in [0, 0.05) is 23.2 Å². The fraction of sp³-hybridized carbons (Fsp3) is 0.533. The van der Waals surface area contributed by atoms with Crippen LogP contribution in [0.3, 0.4) is 0 Å². The van der Waals surface area contributed by atoms with Crippen molar-refractivity contribution in [2.24, 2.45) is 0 Å². The summed E-state index contributed by atoms with van der Waals surface area (Å²) in [7, 11) is 0. The van der Waals surface area contributed by atoms with Gasteiger partial charge in [-0.25, -0.2) is 0 Å². The van der Waals surface area contributed by atoms with Crippen molar-refractivity contribution in [3.63, 3.8) is 0 Å². The Morgan fingerprint density at radius 2 is 2.32 bits per heavy atom.